The summed E-state index contributed by atoms with van der Waals surface area (Å²) in [5, 5.41) is 3.75. The summed E-state index contributed by atoms with van der Waals surface area (Å²) in [6, 6.07) is 4.97. The third-order valence-corrected chi connectivity index (χ3v) is 4.95. The molecule has 1 atom stereocenters. The lowest BCUT2D eigenvalue weighted by Crippen LogP contribution is -2.35. The first-order valence-electron chi connectivity index (χ1n) is 7.90. The second kappa shape index (κ2) is 6.17. The topological polar surface area (TPSA) is 21.3 Å². The Morgan fingerprint density at radius 2 is 1.85 bits per heavy atom. The molecule has 2 nitrogen and oxygen atoms in total. The van der Waals surface area contributed by atoms with E-state index in [1.165, 1.54) is 42.4 Å². The molecular weight excluding hydrogens is 246 g/mol. The van der Waals surface area contributed by atoms with E-state index in [2.05, 4.69) is 45.1 Å². The molecule has 0 spiro atoms. The molecule has 1 aromatic rings. The average Bonchev–Trinajstić information content (AvgIpc) is 2.86. The zero-order valence-electron chi connectivity index (χ0n) is 13.7. The SMILES string of the molecule is CCNC(c1cc(C)c(OC)cc1C)C1(C)CCCC1. The summed E-state index contributed by atoms with van der Waals surface area (Å²) in [4.78, 5) is 0. The molecule has 0 heterocycles. The van der Waals surface area contributed by atoms with Crippen LogP contribution in [0.25, 0.3) is 0 Å². The van der Waals surface area contributed by atoms with Gasteiger partial charge in [-0.1, -0.05) is 32.8 Å². The highest BCUT2D eigenvalue weighted by molar-refractivity contribution is 5.43. The Morgan fingerprint density at radius 1 is 1.20 bits per heavy atom. The van der Waals surface area contributed by atoms with Gasteiger partial charge in [0.1, 0.15) is 5.75 Å². The van der Waals surface area contributed by atoms with E-state index in [1.54, 1.807) is 7.11 Å². The van der Waals surface area contributed by atoms with E-state index in [4.69, 9.17) is 4.74 Å². The summed E-state index contributed by atoms with van der Waals surface area (Å²) in [5.41, 5.74) is 4.42. The Kier molecular flexibility index (Phi) is 4.74. The van der Waals surface area contributed by atoms with Gasteiger partial charge in [-0.2, -0.15) is 0 Å². The van der Waals surface area contributed by atoms with E-state index in [1.807, 2.05) is 0 Å². The van der Waals surface area contributed by atoms with Gasteiger partial charge in [0.25, 0.3) is 0 Å². The van der Waals surface area contributed by atoms with Crippen molar-refractivity contribution in [3.05, 3.63) is 28.8 Å². The number of methoxy groups -OCH3 is 1. The molecule has 1 saturated carbocycles. The fourth-order valence-corrected chi connectivity index (χ4v) is 3.75. The predicted octanol–water partition coefficient (Wildman–Crippen LogP) is 4.54. The monoisotopic (exact) mass is 275 g/mol. The van der Waals surface area contributed by atoms with E-state index in [0.717, 1.165) is 12.3 Å². The molecule has 1 aliphatic carbocycles. The van der Waals surface area contributed by atoms with Crippen LogP contribution in [0.4, 0.5) is 0 Å². The maximum atomic E-state index is 5.45. The van der Waals surface area contributed by atoms with Gasteiger partial charge in [-0.15, -0.1) is 0 Å². The first kappa shape index (κ1) is 15.4. The number of ether oxygens (including phenoxy) is 1. The first-order chi connectivity index (χ1) is 9.51. The largest absolute Gasteiger partial charge is 0.496 e. The molecule has 0 aromatic heterocycles. The van der Waals surface area contributed by atoms with Gasteiger partial charge in [-0.3, -0.25) is 0 Å². The minimum absolute atomic E-state index is 0.391. The Hall–Kier alpha value is -1.02. The van der Waals surface area contributed by atoms with Gasteiger partial charge < -0.3 is 10.1 Å². The summed E-state index contributed by atoms with van der Waals surface area (Å²) >= 11 is 0. The second-order valence-electron chi connectivity index (χ2n) is 6.53. The smallest absolute Gasteiger partial charge is 0.122 e. The van der Waals surface area contributed by atoms with E-state index in [9.17, 15) is 0 Å². The van der Waals surface area contributed by atoms with E-state index < -0.39 is 0 Å². The molecule has 0 saturated heterocycles. The van der Waals surface area contributed by atoms with Crippen LogP contribution >= 0.6 is 0 Å². The molecule has 1 unspecified atom stereocenters. The van der Waals surface area contributed by atoms with E-state index >= 15 is 0 Å². The van der Waals surface area contributed by atoms with Crippen molar-refractivity contribution in [1.82, 2.24) is 5.32 Å². The van der Waals surface area contributed by atoms with Gasteiger partial charge in [0.15, 0.2) is 0 Å². The number of aryl methyl sites for hydroxylation is 2. The number of nitrogens with one attached hydrogen (secondary N) is 1. The van der Waals surface area contributed by atoms with Crippen LogP contribution in [0.2, 0.25) is 0 Å². The zero-order chi connectivity index (χ0) is 14.8. The number of benzene rings is 1. The second-order valence-corrected chi connectivity index (χ2v) is 6.53. The summed E-state index contributed by atoms with van der Waals surface area (Å²) < 4.78 is 5.45. The molecule has 0 aliphatic heterocycles. The van der Waals surface area contributed by atoms with Crippen molar-refractivity contribution in [3.8, 4) is 5.75 Å². The molecule has 20 heavy (non-hydrogen) atoms. The molecule has 1 N–H and O–H groups in total. The van der Waals surface area contributed by atoms with Crippen LogP contribution in [0.3, 0.4) is 0 Å². The van der Waals surface area contributed by atoms with Crippen LogP contribution in [-0.4, -0.2) is 13.7 Å². The summed E-state index contributed by atoms with van der Waals surface area (Å²) in [7, 11) is 1.75. The van der Waals surface area contributed by atoms with Crippen molar-refractivity contribution in [3.63, 3.8) is 0 Å². The van der Waals surface area contributed by atoms with Crippen molar-refractivity contribution >= 4 is 0 Å². The molecule has 2 heteroatoms. The standard InChI is InChI=1S/C18H29NO/c1-6-19-17(18(4)9-7-8-10-18)15-11-14(3)16(20-5)12-13(15)2/h11-12,17,19H,6-10H2,1-5H3. The quantitative estimate of drug-likeness (QED) is 0.851. The lowest BCUT2D eigenvalue weighted by atomic mass is 9.75. The molecule has 0 amide bonds. The van der Waals surface area contributed by atoms with Crippen molar-refractivity contribution in [2.45, 2.75) is 59.4 Å². The predicted molar refractivity (Wildman–Crippen MR) is 85.5 cm³/mol. The van der Waals surface area contributed by atoms with Crippen molar-refractivity contribution < 1.29 is 4.74 Å². The molecular formula is C18H29NO. The normalized spacial score (nSPS) is 19.1. The molecule has 1 fully saturated rings. The molecule has 1 aromatic carbocycles. The summed E-state index contributed by atoms with van der Waals surface area (Å²) in [6.45, 7) is 10.0. The maximum absolute atomic E-state index is 5.45. The van der Waals surface area contributed by atoms with Crippen LogP contribution in [0.5, 0.6) is 5.75 Å². The molecule has 112 valence electrons. The van der Waals surface area contributed by atoms with Crippen LogP contribution < -0.4 is 10.1 Å². The number of rotatable bonds is 5. The van der Waals surface area contributed by atoms with Gasteiger partial charge >= 0.3 is 0 Å². The van der Waals surface area contributed by atoms with Crippen LogP contribution in [0, 0.1) is 19.3 Å². The first-order valence-corrected chi connectivity index (χ1v) is 7.90. The number of hydrogen-bond acceptors (Lipinski definition) is 2. The summed E-state index contributed by atoms with van der Waals surface area (Å²) in [6.07, 6.45) is 5.39. The lowest BCUT2D eigenvalue weighted by Gasteiger charge is -2.36. The fraction of sp³-hybridized carbons (Fsp3) is 0.667. The minimum Gasteiger partial charge on any atom is -0.496 e. The van der Waals surface area contributed by atoms with Crippen LogP contribution in [-0.2, 0) is 0 Å². The highest BCUT2D eigenvalue weighted by Crippen LogP contribution is 2.48. The van der Waals surface area contributed by atoms with Gasteiger partial charge in [0.05, 0.1) is 7.11 Å². The van der Waals surface area contributed by atoms with Crippen LogP contribution in [0.15, 0.2) is 12.1 Å². The highest BCUT2D eigenvalue weighted by Gasteiger charge is 2.38. The Bertz CT molecular complexity index is 461. The summed E-state index contributed by atoms with van der Waals surface area (Å²) in [5.74, 6) is 0.998. The fourth-order valence-electron chi connectivity index (χ4n) is 3.75. The number of hydrogen-bond donors (Lipinski definition) is 1. The van der Waals surface area contributed by atoms with Crippen molar-refractivity contribution in [1.29, 1.82) is 0 Å². The Labute approximate surface area is 123 Å². The third-order valence-electron chi connectivity index (χ3n) is 4.95. The van der Waals surface area contributed by atoms with E-state index in [-0.39, 0.29) is 0 Å². The van der Waals surface area contributed by atoms with Gasteiger partial charge in [-0.05, 0) is 61.4 Å². The van der Waals surface area contributed by atoms with E-state index in [0.29, 0.717) is 11.5 Å². The highest BCUT2D eigenvalue weighted by atomic mass is 16.5. The molecule has 1 aliphatic rings. The van der Waals surface area contributed by atoms with Crippen molar-refractivity contribution in [2.75, 3.05) is 13.7 Å². The van der Waals surface area contributed by atoms with Gasteiger partial charge in [0, 0.05) is 6.04 Å². The molecule has 2 rings (SSSR count). The third kappa shape index (κ3) is 2.85. The van der Waals surface area contributed by atoms with Crippen molar-refractivity contribution in [2.24, 2.45) is 5.41 Å². The lowest BCUT2D eigenvalue weighted by molar-refractivity contribution is 0.225. The minimum atomic E-state index is 0.391. The van der Waals surface area contributed by atoms with Crippen LogP contribution in [0.1, 0.15) is 62.3 Å². The van der Waals surface area contributed by atoms with Gasteiger partial charge in [0.2, 0.25) is 0 Å². The Morgan fingerprint density at radius 3 is 2.40 bits per heavy atom. The zero-order valence-corrected chi connectivity index (χ0v) is 13.7. The molecule has 0 bridgehead atoms. The maximum Gasteiger partial charge on any atom is 0.122 e. The average molecular weight is 275 g/mol. The van der Waals surface area contributed by atoms with Gasteiger partial charge in [-0.25, -0.2) is 0 Å². The Balaban J connectivity index is 2.41. The molecule has 0 radical (unpaired) electrons.